The van der Waals surface area contributed by atoms with Gasteiger partial charge in [-0.2, -0.15) is 9.97 Å². The molecule has 4 fully saturated rings. The molecule has 2 unspecified atom stereocenters. The molecular formula is C35H34F2N6O2. The Kier molecular flexibility index (Phi) is 5.59. The van der Waals surface area contributed by atoms with Gasteiger partial charge in [0.2, 0.25) is 0 Å². The van der Waals surface area contributed by atoms with Gasteiger partial charge < -0.3 is 20.1 Å². The molecule has 0 spiro atoms. The predicted molar refractivity (Wildman–Crippen MR) is 169 cm³/mol. The van der Waals surface area contributed by atoms with Gasteiger partial charge >= 0.3 is 6.01 Å². The molecule has 10 heteroatoms. The predicted octanol–water partition coefficient (Wildman–Crippen LogP) is 5.31. The highest BCUT2D eigenvalue weighted by Gasteiger charge is 2.47. The summed E-state index contributed by atoms with van der Waals surface area (Å²) in [6, 6.07) is 5.24. The molecule has 45 heavy (non-hydrogen) atoms. The smallest absolute Gasteiger partial charge is 0.319 e. The van der Waals surface area contributed by atoms with Gasteiger partial charge in [-0.3, -0.25) is 9.88 Å². The highest BCUT2D eigenvalue weighted by Crippen LogP contribution is 2.43. The summed E-state index contributed by atoms with van der Waals surface area (Å²) in [5, 5.41) is 14.8. The van der Waals surface area contributed by atoms with Gasteiger partial charge in [0.05, 0.1) is 16.5 Å². The van der Waals surface area contributed by atoms with Crippen LogP contribution in [0, 0.1) is 24.0 Å². The van der Waals surface area contributed by atoms with Crippen LogP contribution in [-0.4, -0.2) is 74.9 Å². The Hall–Kier alpha value is -4.33. The van der Waals surface area contributed by atoms with Crippen LogP contribution in [-0.2, 0) is 0 Å². The van der Waals surface area contributed by atoms with Crippen molar-refractivity contribution in [1.29, 1.82) is 0 Å². The molecule has 8 nitrogen and oxygen atoms in total. The van der Waals surface area contributed by atoms with Crippen LogP contribution in [0.3, 0.4) is 0 Å². The normalized spacial score (nSPS) is 27.4. The van der Waals surface area contributed by atoms with Gasteiger partial charge in [0.15, 0.2) is 5.82 Å². The Morgan fingerprint density at radius 1 is 1.29 bits per heavy atom. The molecule has 2 aromatic heterocycles. The number of nitrogens with one attached hydrogen (secondary N) is 1. The van der Waals surface area contributed by atoms with Crippen molar-refractivity contribution >= 4 is 27.5 Å². The number of fused-ring (bicyclic) bond motifs is 5. The van der Waals surface area contributed by atoms with Crippen molar-refractivity contribution in [3.63, 3.8) is 0 Å². The maximum atomic E-state index is 16.9. The van der Waals surface area contributed by atoms with Gasteiger partial charge in [-0.1, -0.05) is 24.1 Å². The second-order valence-corrected chi connectivity index (χ2v) is 13.0. The lowest BCUT2D eigenvalue weighted by Crippen LogP contribution is -2.58. The molecule has 0 aliphatic carbocycles. The third-order valence-electron chi connectivity index (χ3n) is 9.90. The monoisotopic (exact) mass is 611 g/mol. The van der Waals surface area contributed by atoms with E-state index in [1.807, 2.05) is 4.90 Å². The fourth-order valence-electron chi connectivity index (χ4n) is 7.95. The highest BCUT2D eigenvalue weighted by atomic mass is 19.1. The number of hydrogen-bond acceptors (Lipinski definition) is 8. The first-order valence-electron chi connectivity index (χ1n) is 16.8. The van der Waals surface area contributed by atoms with Gasteiger partial charge in [0, 0.05) is 52.5 Å². The number of anilines is 1. The van der Waals surface area contributed by atoms with E-state index in [2.05, 4.69) is 32.7 Å². The Labute approximate surface area is 264 Å². The van der Waals surface area contributed by atoms with Crippen molar-refractivity contribution in [2.24, 2.45) is 0 Å². The second kappa shape index (κ2) is 10.1. The molecule has 230 valence electrons. The van der Waals surface area contributed by atoms with E-state index < -0.39 is 24.0 Å². The largest absolute Gasteiger partial charge is 0.508 e. The number of terminal acetylenes is 1. The van der Waals surface area contributed by atoms with Crippen LogP contribution in [0.25, 0.3) is 32.9 Å². The minimum absolute atomic E-state index is 0.0442. The van der Waals surface area contributed by atoms with Gasteiger partial charge in [0.25, 0.3) is 0 Å². The number of aromatic hydroxyl groups is 1. The number of halogens is 2. The molecule has 0 amide bonds. The van der Waals surface area contributed by atoms with Gasteiger partial charge in [-0.15, -0.1) is 6.42 Å². The van der Waals surface area contributed by atoms with E-state index in [0.29, 0.717) is 30.6 Å². The summed E-state index contributed by atoms with van der Waals surface area (Å²) >= 11 is 0. The van der Waals surface area contributed by atoms with Crippen LogP contribution < -0.4 is 15.0 Å². The molecule has 2 N–H and O–H groups in total. The molecule has 4 aromatic rings. The van der Waals surface area contributed by atoms with Crippen molar-refractivity contribution in [3.8, 4) is 35.4 Å². The van der Waals surface area contributed by atoms with Crippen LogP contribution in [0.5, 0.6) is 11.8 Å². The standard InChI is InChI=1S/C35H34F2N6O2/c1-4-24-27(36)7-6-21-12-23(44)13-25(28(21)24)30-29(37)31-26(15-38-30)32(42-17-22-8-10-34(3,18-42)41-22)40-33(39-31)45-19-35-9-5-11-43(35)16-20(2)14-35/h1,6-7,12-13,15,22,41,44H,2,5,8-11,14,16-19H2,3H3/t22?,34?,35-/m0/s1/i3D3. The maximum absolute atomic E-state index is 16.9. The minimum atomic E-state index is -2.28. The molecule has 0 radical (unpaired) electrons. The molecule has 4 saturated heterocycles. The molecular weight excluding hydrogens is 574 g/mol. The lowest BCUT2D eigenvalue weighted by atomic mass is 9.94. The number of aromatic nitrogens is 3. The Morgan fingerprint density at radius 2 is 2.18 bits per heavy atom. The van der Waals surface area contributed by atoms with E-state index in [1.54, 1.807) is 0 Å². The zero-order chi connectivity index (χ0) is 33.6. The number of hydrogen-bond donors (Lipinski definition) is 2. The first kappa shape index (κ1) is 24.9. The summed E-state index contributed by atoms with van der Waals surface area (Å²) in [6.45, 7) is 4.50. The van der Waals surface area contributed by atoms with E-state index in [-0.39, 0.29) is 69.6 Å². The number of phenolic OH excluding ortho intramolecular Hbond substituents is 1. The Morgan fingerprint density at radius 3 is 3.02 bits per heavy atom. The third kappa shape index (κ3) is 4.51. The summed E-state index contributed by atoms with van der Waals surface area (Å²) in [5.74, 6) is 1.01. The van der Waals surface area contributed by atoms with Crippen LogP contribution in [0.4, 0.5) is 14.6 Å². The summed E-state index contributed by atoms with van der Waals surface area (Å²) in [6.07, 6.45) is 11.0. The van der Waals surface area contributed by atoms with Crippen molar-refractivity contribution in [3.05, 3.63) is 59.8 Å². The zero-order valence-electron chi connectivity index (χ0n) is 27.7. The fourth-order valence-corrected chi connectivity index (χ4v) is 7.95. The first-order chi connectivity index (χ1) is 22.9. The molecule has 0 saturated carbocycles. The van der Waals surface area contributed by atoms with Crippen molar-refractivity contribution in [1.82, 2.24) is 25.2 Å². The third-order valence-corrected chi connectivity index (χ3v) is 9.90. The van der Waals surface area contributed by atoms with E-state index >= 15 is 4.39 Å². The van der Waals surface area contributed by atoms with Gasteiger partial charge in [0.1, 0.15) is 35.2 Å². The number of nitrogens with zero attached hydrogens (tertiary/aromatic N) is 5. The number of ether oxygens (including phenoxy) is 1. The second-order valence-electron chi connectivity index (χ2n) is 13.0. The average molecular weight is 612 g/mol. The molecule has 4 aliphatic rings. The summed E-state index contributed by atoms with van der Waals surface area (Å²) in [7, 11) is 0. The first-order valence-corrected chi connectivity index (χ1v) is 15.3. The number of phenols is 1. The molecule has 2 bridgehead atoms. The highest BCUT2D eigenvalue weighted by molar-refractivity contribution is 6.03. The van der Waals surface area contributed by atoms with Crippen molar-refractivity contribution in [2.75, 3.05) is 37.7 Å². The number of benzene rings is 2. The van der Waals surface area contributed by atoms with E-state index in [4.69, 9.17) is 20.3 Å². The number of pyridine rings is 1. The fraction of sp³-hybridized carbons (Fsp3) is 0.400. The van der Waals surface area contributed by atoms with Gasteiger partial charge in [-0.05, 0) is 69.1 Å². The quantitative estimate of drug-likeness (QED) is 0.232. The van der Waals surface area contributed by atoms with Crippen molar-refractivity contribution < 1.29 is 22.7 Å². The topological polar surface area (TPSA) is 86.6 Å². The summed E-state index contributed by atoms with van der Waals surface area (Å²) < 4.78 is 63.1. The van der Waals surface area contributed by atoms with Crippen LogP contribution >= 0.6 is 0 Å². The lowest BCUT2D eigenvalue weighted by molar-refractivity contribution is 0.108. The maximum Gasteiger partial charge on any atom is 0.319 e. The van der Waals surface area contributed by atoms with Crippen LogP contribution in [0.15, 0.2) is 42.6 Å². The summed E-state index contributed by atoms with van der Waals surface area (Å²) in [4.78, 5) is 18.1. The van der Waals surface area contributed by atoms with Gasteiger partial charge in [-0.25, -0.2) is 8.78 Å². The zero-order valence-corrected chi connectivity index (χ0v) is 24.7. The molecule has 6 heterocycles. The molecule has 3 atom stereocenters. The Balaban J connectivity index is 1.29. The van der Waals surface area contributed by atoms with Crippen LogP contribution in [0.1, 0.15) is 48.6 Å². The van der Waals surface area contributed by atoms with Crippen LogP contribution in [0.2, 0.25) is 0 Å². The lowest BCUT2D eigenvalue weighted by Gasteiger charge is -2.40. The van der Waals surface area contributed by atoms with E-state index in [9.17, 15) is 9.50 Å². The molecule has 8 rings (SSSR count). The minimum Gasteiger partial charge on any atom is -0.508 e. The van der Waals surface area contributed by atoms with Crippen molar-refractivity contribution in [2.45, 2.75) is 56.1 Å². The number of piperazine rings is 1. The SMILES string of the molecule is [2H]C([2H])([2H])C12CCC(CN(c3nc(OC[C@@]45CCCN4CC(=C)C5)nc4c(F)c(-c5cc(O)cc6ccc(F)c(C#C)c56)ncc34)C1)N2. The molecule has 2 aromatic carbocycles. The number of rotatable bonds is 5. The molecule has 4 aliphatic heterocycles. The van der Waals surface area contributed by atoms with E-state index in [0.717, 1.165) is 37.9 Å². The average Bonchev–Trinajstić information content (AvgIpc) is 3.68. The Bertz CT molecular complexity index is 2070. The summed E-state index contributed by atoms with van der Waals surface area (Å²) in [5.41, 5.74) is -0.523. The van der Waals surface area contributed by atoms with E-state index in [1.165, 1.54) is 30.5 Å².